The van der Waals surface area contributed by atoms with Gasteiger partial charge in [0.1, 0.15) is 5.75 Å². The maximum atomic E-state index is 12.1. The van der Waals surface area contributed by atoms with Crippen molar-refractivity contribution in [3.05, 3.63) is 24.3 Å². The molecular weight excluding hydrogens is 236 g/mol. The van der Waals surface area contributed by atoms with Crippen LogP contribution in [-0.2, 0) is 4.79 Å². The minimum Gasteiger partial charge on any atom is -0.508 e. The van der Waals surface area contributed by atoms with Crippen LogP contribution in [0.3, 0.4) is 0 Å². The normalized spacial score (nSPS) is 11.9. The molecule has 0 saturated carbocycles. The summed E-state index contributed by atoms with van der Waals surface area (Å²) in [4.78, 5) is 13.8. The van der Waals surface area contributed by atoms with Crippen LogP contribution in [0.25, 0.3) is 0 Å². The molecule has 1 aromatic carbocycles. The van der Waals surface area contributed by atoms with Crippen molar-refractivity contribution in [1.82, 2.24) is 0 Å². The van der Waals surface area contributed by atoms with Gasteiger partial charge in [0.25, 0.3) is 0 Å². The largest absolute Gasteiger partial charge is 0.508 e. The molecule has 0 aliphatic rings. The lowest BCUT2D eigenvalue weighted by molar-refractivity contribution is -0.120. The van der Waals surface area contributed by atoms with Gasteiger partial charge < -0.3 is 15.7 Å². The predicted molar refractivity (Wildman–Crippen MR) is 72.1 cm³/mol. The zero-order chi connectivity index (χ0) is 13.0. The molecule has 92 valence electrons. The highest BCUT2D eigenvalue weighted by molar-refractivity contribution is 7.80. The molecule has 1 aromatic rings. The van der Waals surface area contributed by atoms with E-state index in [0.717, 1.165) is 0 Å². The Hall–Kier alpha value is -1.62. The fraction of sp³-hybridized carbons (Fsp3) is 0.333. The lowest BCUT2D eigenvalue weighted by Crippen LogP contribution is -2.39. The van der Waals surface area contributed by atoms with E-state index in [1.807, 2.05) is 6.92 Å². The van der Waals surface area contributed by atoms with Crippen LogP contribution in [-0.4, -0.2) is 22.5 Å². The molecular formula is C12H16N2O2S. The molecule has 5 heteroatoms. The van der Waals surface area contributed by atoms with E-state index in [2.05, 4.69) is 0 Å². The smallest absolute Gasteiger partial charge is 0.236 e. The molecule has 0 bridgehead atoms. The van der Waals surface area contributed by atoms with E-state index in [0.29, 0.717) is 12.2 Å². The number of amides is 1. The number of benzene rings is 1. The number of hydrogen-bond acceptors (Lipinski definition) is 3. The molecule has 17 heavy (non-hydrogen) atoms. The Balaban J connectivity index is 3.00. The maximum absolute atomic E-state index is 12.1. The molecule has 3 N–H and O–H groups in total. The Kier molecular flexibility index (Phi) is 4.45. The van der Waals surface area contributed by atoms with E-state index >= 15 is 0 Å². The quantitative estimate of drug-likeness (QED) is 0.800. The minimum absolute atomic E-state index is 0.122. The number of rotatable bonds is 4. The summed E-state index contributed by atoms with van der Waals surface area (Å²) in [5.41, 5.74) is 6.11. The maximum Gasteiger partial charge on any atom is 0.236 e. The second-order valence-corrected chi connectivity index (χ2v) is 4.20. The van der Waals surface area contributed by atoms with Crippen molar-refractivity contribution in [2.75, 3.05) is 11.4 Å². The van der Waals surface area contributed by atoms with Crippen LogP contribution in [0.2, 0.25) is 0 Å². The van der Waals surface area contributed by atoms with Crippen LogP contribution < -0.4 is 10.6 Å². The van der Waals surface area contributed by atoms with Crippen molar-refractivity contribution in [2.45, 2.75) is 13.8 Å². The van der Waals surface area contributed by atoms with E-state index in [1.165, 1.54) is 6.07 Å². The van der Waals surface area contributed by atoms with Crippen LogP contribution in [0, 0.1) is 5.92 Å². The van der Waals surface area contributed by atoms with E-state index in [9.17, 15) is 9.90 Å². The highest BCUT2D eigenvalue weighted by Crippen LogP contribution is 2.21. The molecule has 1 unspecified atom stereocenters. The number of carbonyl (C=O) groups excluding carboxylic acids is 1. The van der Waals surface area contributed by atoms with Gasteiger partial charge in [-0.1, -0.05) is 18.3 Å². The number of carbonyl (C=O) groups is 1. The summed E-state index contributed by atoms with van der Waals surface area (Å²) in [6.45, 7) is 4.03. The summed E-state index contributed by atoms with van der Waals surface area (Å²) in [6.07, 6.45) is 0. The molecule has 0 aliphatic carbocycles. The van der Waals surface area contributed by atoms with Gasteiger partial charge in [-0.2, -0.15) is 0 Å². The minimum atomic E-state index is -0.507. The van der Waals surface area contributed by atoms with Crippen molar-refractivity contribution in [2.24, 2.45) is 11.7 Å². The van der Waals surface area contributed by atoms with Crippen molar-refractivity contribution in [3.63, 3.8) is 0 Å². The van der Waals surface area contributed by atoms with Crippen LogP contribution in [0.15, 0.2) is 24.3 Å². The van der Waals surface area contributed by atoms with E-state index in [-0.39, 0.29) is 16.6 Å². The Morgan fingerprint density at radius 2 is 2.24 bits per heavy atom. The summed E-state index contributed by atoms with van der Waals surface area (Å²) in [7, 11) is 0. The average Bonchev–Trinajstić information content (AvgIpc) is 2.28. The zero-order valence-electron chi connectivity index (χ0n) is 9.88. The highest BCUT2D eigenvalue weighted by Gasteiger charge is 2.22. The van der Waals surface area contributed by atoms with Gasteiger partial charge in [-0.25, -0.2) is 0 Å². The first-order chi connectivity index (χ1) is 7.97. The van der Waals surface area contributed by atoms with Gasteiger partial charge >= 0.3 is 0 Å². The first-order valence-electron chi connectivity index (χ1n) is 5.37. The fourth-order valence-electron chi connectivity index (χ4n) is 1.48. The van der Waals surface area contributed by atoms with Crippen molar-refractivity contribution < 1.29 is 9.90 Å². The Bertz CT molecular complexity index is 434. The average molecular weight is 252 g/mol. The van der Waals surface area contributed by atoms with Gasteiger partial charge in [0, 0.05) is 18.3 Å². The van der Waals surface area contributed by atoms with Gasteiger partial charge in [-0.3, -0.25) is 4.79 Å². The Labute approximate surface area is 106 Å². The molecule has 0 aliphatic heterocycles. The first kappa shape index (κ1) is 13.4. The second-order valence-electron chi connectivity index (χ2n) is 3.73. The molecule has 4 nitrogen and oxygen atoms in total. The predicted octanol–water partition coefficient (Wildman–Crippen LogP) is 1.67. The molecule has 1 amide bonds. The number of nitrogens with two attached hydrogens (primary N) is 1. The van der Waals surface area contributed by atoms with Crippen LogP contribution in [0.5, 0.6) is 5.75 Å². The van der Waals surface area contributed by atoms with Gasteiger partial charge in [0.2, 0.25) is 5.91 Å². The standard InChI is InChI=1S/C12H16N2O2S/c1-3-14(12(16)8(2)11(13)17)9-5-4-6-10(15)7-9/h4-8,15H,3H2,1-2H3,(H2,13,17). The summed E-state index contributed by atoms with van der Waals surface area (Å²) < 4.78 is 0. The van der Waals surface area contributed by atoms with Crippen molar-refractivity contribution in [1.29, 1.82) is 0 Å². The van der Waals surface area contributed by atoms with Crippen LogP contribution in [0.1, 0.15) is 13.8 Å². The molecule has 0 spiro atoms. The van der Waals surface area contributed by atoms with Gasteiger partial charge in [0.05, 0.1) is 10.9 Å². The Morgan fingerprint density at radius 1 is 1.59 bits per heavy atom. The van der Waals surface area contributed by atoms with Gasteiger partial charge in [-0.15, -0.1) is 0 Å². The summed E-state index contributed by atoms with van der Waals surface area (Å²) in [5, 5.41) is 9.40. The SMILES string of the molecule is CCN(C(=O)C(C)C(N)=S)c1cccc(O)c1. The number of aromatic hydroxyl groups is 1. The zero-order valence-corrected chi connectivity index (χ0v) is 10.7. The lowest BCUT2D eigenvalue weighted by Gasteiger charge is -2.24. The van der Waals surface area contributed by atoms with Gasteiger partial charge in [0.15, 0.2) is 0 Å². The van der Waals surface area contributed by atoms with E-state index in [1.54, 1.807) is 30.0 Å². The summed E-state index contributed by atoms with van der Waals surface area (Å²) >= 11 is 4.82. The monoisotopic (exact) mass is 252 g/mol. The third-order valence-corrected chi connectivity index (χ3v) is 2.87. The van der Waals surface area contributed by atoms with Gasteiger partial charge in [-0.05, 0) is 26.0 Å². The molecule has 0 heterocycles. The number of nitrogens with zero attached hydrogens (tertiary/aromatic N) is 1. The molecule has 0 saturated heterocycles. The van der Waals surface area contributed by atoms with Crippen molar-refractivity contribution >= 4 is 28.8 Å². The third-order valence-electron chi connectivity index (χ3n) is 2.52. The fourth-order valence-corrected chi connectivity index (χ4v) is 1.58. The summed E-state index contributed by atoms with van der Waals surface area (Å²) in [6, 6.07) is 6.53. The molecule has 1 atom stereocenters. The van der Waals surface area contributed by atoms with Crippen LogP contribution in [0.4, 0.5) is 5.69 Å². The number of anilines is 1. The topological polar surface area (TPSA) is 66.6 Å². The summed E-state index contributed by atoms with van der Waals surface area (Å²) in [5.74, 6) is -0.547. The number of hydrogen-bond donors (Lipinski definition) is 2. The van der Waals surface area contributed by atoms with E-state index in [4.69, 9.17) is 18.0 Å². The molecule has 0 aromatic heterocycles. The lowest BCUT2D eigenvalue weighted by atomic mass is 10.1. The number of thiocarbonyl (C=S) groups is 1. The first-order valence-corrected chi connectivity index (χ1v) is 5.78. The Morgan fingerprint density at radius 3 is 2.71 bits per heavy atom. The van der Waals surface area contributed by atoms with E-state index < -0.39 is 5.92 Å². The highest BCUT2D eigenvalue weighted by atomic mass is 32.1. The number of phenolic OH excluding ortho intramolecular Hbond substituents is 1. The molecule has 0 radical (unpaired) electrons. The molecule has 1 rings (SSSR count). The third kappa shape index (κ3) is 3.17. The number of phenols is 1. The molecule has 0 fully saturated rings. The van der Waals surface area contributed by atoms with Crippen LogP contribution >= 0.6 is 12.2 Å². The second kappa shape index (κ2) is 5.63. The van der Waals surface area contributed by atoms with Crippen molar-refractivity contribution in [3.8, 4) is 5.75 Å².